The van der Waals surface area contributed by atoms with Crippen molar-refractivity contribution >= 4 is 0 Å². The number of aromatic nitrogens is 2. The lowest BCUT2D eigenvalue weighted by atomic mass is 9.70. The first-order chi connectivity index (χ1) is 9.58. The molecule has 0 saturated carbocycles. The molecule has 1 aliphatic rings. The van der Waals surface area contributed by atoms with Gasteiger partial charge in [0.1, 0.15) is 0 Å². The number of nitrogens with zero attached hydrogens (tertiary/aromatic N) is 2. The molecule has 1 atom stereocenters. The van der Waals surface area contributed by atoms with Crippen LogP contribution < -0.4 is 5.32 Å². The van der Waals surface area contributed by atoms with E-state index in [9.17, 15) is 0 Å². The van der Waals surface area contributed by atoms with Crippen molar-refractivity contribution in [2.75, 3.05) is 0 Å². The molecule has 0 amide bonds. The zero-order chi connectivity index (χ0) is 14.2. The molecule has 0 aliphatic heterocycles. The van der Waals surface area contributed by atoms with Gasteiger partial charge in [-0.25, -0.2) is 0 Å². The summed E-state index contributed by atoms with van der Waals surface area (Å²) in [5.41, 5.74) is 4.47. The number of nitrogens with one attached hydrogen (secondary N) is 1. The molecule has 0 spiro atoms. The lowest BCUT2D eigenvalue weighted by molar-refractivity contribution is 0.207. The van der Waals surface area contributed by atoms with Gasteiger partial charge in [0.15, 0.2) is 0 Å². The summed E-state index contributed by atoms with van der Waals surface area (Å²) in [6.07, 6.45) is 4.27. The Morgan fingerprint density at radius 2 is 2.10 bits per heavy atom. The van der Waals surface area contributed by atoms with Gasteiger partial charge in [-0.2, -0.15) is 5.10 Å². The zero-order valence-corrected chi connectivity index (χ0v) is 12.6. The Labute approximate surface area is 121 Å². The minimum atomic E-state index is 0.285. The average Bonchev–Trinajstić information content (AvgIpc) is 2.83. The van der Waals surface area contributed by atoms with Gasteiger partial charge in [0.25, 0.3) is 0 Å². The Bertz CT molecular complexity index is 598. The van der Waals surface area contributed by atoms with Gasteiger partial charge in [-0.05, 0) is 35.4 Å². The van der Waals surface area contributed by atoms with Gasteiger partial charge in [0.05, 0.1) is 5.69 Å². The van der Waals surface area contributed by atoms with Crippen LogP contribution >= 0.6 is 0 Å². The van der Waals surface area contributed by atoms with Crippen LogP contribution in [0.3, 0.4) is 0 Å². The van der Waals surface area contributed by atoms with E-state index in [-0.39, 0.29) is 5.41 Å². The van der Waals surface area contributed by atoms with E-state index in [1.54, 1.807) is 0 Å². The highest BCUT2D eigenvalue weighted by molar-refractivity contribution is 5.34. The van der Waals surface area contributed by atoms with E-state index in [0.717, 1.165) is 6.54 Å². The Balaban J connectivity index is 1.85. The molecule has 106 valence electrons. The van der Waals surface area contributed by atoms with Crippen LogP contribution in [0.5, 0.6) is 0 Å². The van der Waals surface area contributed by atoms with Crippen molar-refractivity contribution in [3.63, 3.8) is 0 Å². The third kappa shape index (κ3) is 2.38. The van der Waals surface area contributed by atoms with Crippen LogP contribution in [0.4, 0.5) is 0 Å². The first-order valence-corrected chi connectivity index (χ1v) is 7.36. The monoisotopic (exact) mass is 269 g/mol. The molecule has 0 bridgehead atoms. The van der Waals surface area contributed by atoms with Crippen LogP contribution in [0.1, 0.15) is 43.1 Å². The second-order valence-corrected chi connectivity index (χ2v) is 6.45. The van der Waals surface area contributed by atoms with Crippen LogP contribution in [-0.2, 0) is 20.0 Å². The second kappa shape index (κ2) is 5.06. The molecular weight excluding hydrogens is 246 g/mol. The van der Waals surface area contributed by atoms with Gasteiger partial charge < -0.3 is 5.32 Å². The van der Waals surface area contributed by atoms with Crippen molar-refractivity contribution in [2.24, 2.45) is 12.5 Å². The summed E-state index contributed by atoms with van der Waals surface area (Å²) in [7, 11) is 2.00. The third-order valence-electron chi connectivity index (χ3n) is 4.60. The van der Waals surface area contributed by atoms with Gasteiger partial charge in [0.2, 0.25) is 0 Å². The summed E-state index contributed by atoms with van der Waals surface area (Å²) in [5, 5.41) is 7.99. The molecule has 1 heterocycles. The van der Waals surface area contributed by atoms with Crippen molar-refractivity contribution < 1.29 is 0 Å². The van der Waals surface area contributed by atoms with Crippen molar-refractivity contribution in [3.05, 3.63) is 53.3 Å². The maximum atomic E-state index is 4.24. The highest BCUT2D eigenvalue weighted by atomic mass is 15.3. The summed E-state index contributed by atoms with van der Waals surface area (Å²) in [6, 6.07) is 11.3. The fourth-order valence-electron chi connectivity index (χ4n) is 3.23. The van der Waals surface area contributed by atoms with E-state index in [1.807, 2.05) is 17.9 Å². The SMILES string of the molecule is Cn1nccc1CNC1c2ccccc2CCC1(C)C. The molecule has 0 radical (unpaired) electrons. The van der Waals surface area contributed by atoms with Gasteiger partial charge in [0, 0.05) is 25.8 Å². The summed E-state index contributed by atoms with van der Waals surface area (Å²) in [6.45, 7) is 5.59. The number of rotatable bonds is 3. The average molecular weight is 269 g/mol. The first kappa shape index (κ1) is 13.4. The molecule has 1 N–H and O–H groups in total. The maximum absolute atomic E-state index is 4.24. The minimum Gasteiger partial charge on any atom is -0.304 e. The summed E-state index contributed by atoms with van der Waals surface area (Å²) >= 11 is 0. The molecule has 1 aromatic heterocycles. The predicted octanol–water partition coefficient (Wildman–Crippen LogP) is 3.22. The van der Waals surface area contributed by atoms with Gasteiger partial charge >= 0.3 is 0 Å². The standard InChI is InChI=1S/C17H23N3/c1-17(2)10-8-13-6-4-5-7-15(13)16(17)18-12-14-9-11-19-20(14)3/h4-7,9,11,16,18H,8,10,12H2,1-3H3. The molecule has 0 fully saturated rings. The molecule has 1 unspecified atom stereocenters. The van der Waals surface area contributed by atoms with Crippen LogP contribution in [0, 0.1) is 5.41 Å². The number of aryl methyl sites for hydroxylation is 2. The van der Waals surface area contributed by atoms with Gasteiger partial charge in [-0.3, -0.25) is 4.68 Å². The normalized spacial score (nSPS) is 20.6. The third-order valence-corrected chi connectivity index (χ3v) is 4.60. The smallest absolute Gasteiger partial charge is 0.0518 e. The van der Waals surface area contributed by atoms with E-state index in [0.29, 0.717) is 6.04 Å². The number of benzene rings is 1. The van der Waals surface area contributed by atoms with Crippen molar-refractivity contribution in [1.29, 1.82) is 0 Å². The lowest BCUT2D eigenvalue weighted by Gasteiger charge is -2.40. The van der Waals surface area contributed by atoms with Crippen LogP contribution in [-0.4, -0.2) is 9.78 Å². The van der Waals surface area contributed by atoms with E-state index in [1.165, 1.54) is 29.7 Å². The number of hydrogen-bond acceptors (Lipinski definition) is 2. The Kier molecular flexibility index (Phi) is 3.38. The zero-order valence-electron chi connectivity index (χ0n) is 12.6. The van der Waals surface area contributed by atoms with Crippen molar-refractivity contribution in [3.8, 4) is 0 Å². The molecule has 0 saturated heterocycles. The van der Waals surface area contributed by atoms with Gasteiger partial charge in [-0.1, -0.05) is 38.1 Å². The summed E-state index contributed by atoms with van der Waals surface area (Å²) < 4.78 is 1.94. The Morgan fingerprint density at radius 3 is 2.85 bits per heavy atom. The Hall–Kier alpha value is -1.61. The molecular formula is C17H23N3. The van der Waals surface area contributed by atoms with Crippen molar-refractivity contribution in [1.82, 2.24) is 15.1 Å². The molecule has 2 aromatic rings. The molecule has 1 aromatic carbocycles. The molecule has 3 rings (SSSR count). The topological polar surface area (TPSA) is 29.9 Å². The number of hydrogen-bond donors (Lipinski definition) is 1. The minimum absolute atomic E-state index is 0.285. The largest absolute Gasteiger partial charge is 0.304 e. The van der Waals surface area contributed by atoms with Crippen molar-refractivity contribution in [2.45, 2.75) is 39.3 Å². The van der Waals surface area contributed by atoms with Crippen LogP contribution in [0.25, 0.3) is 0 Å². The lowest BCUT2D eigenvalue weighted by Crippen LogP contribution is -2.38. The van der Waals surface area contributed by atoms with E-state index >= 15 is 0 Å². The van der Waals surface area contributed by atoms with E-state index in [2.05, 4.69) is 54.6 Å². The molecule has 20 heavy (non-hydrogen) atoms. The second-order valence-electron chi connectivity index (χ2n) is 6.45. The molecule has 3 nitrogen and oxygen atoms in total. The molecule has 1 aliphatic carbocycles. The first-order valence-electron chi connectivity index (χ1n) is 7.36. The maximum Gasteiger partial charge on any atom is 0.0518 e. The summed E-state index contributed by atoms with van der Waals surface area (Å²) in [5.74, 6) is 0. The van der Waals surface area contributed by atoms with E-state index < -0.39 is 0 Å². The van der Waals surface area contributed by atoms with E-state index in [4.69, 9.17) is 0 Å². The molecule has 3 heteroatoms. The fourth-order valence-corrected chi connectivity index (χ4v) is 3.23. The highest BCUT2D eigenvalue weighted by Gasteiger charge is 2.35. The predicted molar refractivity (Wildman–Crippen MR) is 81.3 cm³/mol. The summed E-state index contributed by atoms with van der Waals surface area (Å²) in [4.78, 5) is 0. The fraction of sp³-hybridized carbons (Fsp3) is 0.471. The Morgan fingerprint density at radius 1 is 1.30 bits per heavy atom. The number of fused-ring (bicyclic) bond motifs is 1. The van der Waals surface area contributed by atoms with Crippen LogP contribution in [0.2, 0.25) is 0 Å². The van der Waals surface area contributed by atoms with Gasteiger partial charge in [-0.15, -0.1) is 0 Å². The highest BCUT2D eigenvalue weighted by Crippen LogP contribution is 2.43. The quantitative estimate of drug-likeness (QED) is 0.927. The van der Waals surface area contributed by atoms with Crippen LogP contribution in [0.15, 0.2) is 36.5 Å².